The summed E-state index contributed by atoms with van der Waals surface area (Å²) in [5, 5.41) is 13.7. The molecule has 5 rings (SSSR count). The lowest BCUT2D eigenvalue weighted by molar-refractivity contribution is -0.175. The number of nitrogens with one attached hydrogen (secondary N) is 1. The number of hydrogen-bond donors (Lipinski definition) is 2. The maximum atomic E-state index is 13.8. The summed E-state index contributed by atoms with van der Waals surface area (Å²) >= 11 is 0. The second-order valence-electron chi connectivity index (χ2n) is 11.0. The molecule has 0 spiro atoms. The quantitative estimate of drug-likeness (QED) is 0.296. The molecular formula is C31H35N3O8. The summed E-state index contributed by atoms with van der Waals surface area (Å²) in [7, 11) is 0. The zero-order chi connectivity index (χ0) is 30.3. The van der Waals surface area contributed by atoms with Crippen LogP contribution in [0.5, 0.6) is 5.75 Å². The van der Waals surface area contributed by atoms with Crippen LogP contribution >= 0.6 is 0 Å². The smallest absolute Gasteiger partial charge is 0.508 e. The first-order valence-corrected chi connectivity index (χ1v) is 14.3. The summed E-state index contributed by atoms with van der Waals surface area (Å²) in [5.41, 5.74) is 1.79. The molecule has 11 heteroatoms. The number of aryl methyl sites for hydroxylation is 1. The third kappa shape index (κ3) is 4.76. The largest absolute Gasteiger partial charge is 0.509 e. The lowest BCUT2D eigenvalue weighted by Crippen LogP contribution is -2.48. The summed E-state index contributed by atoms with van der Waals surface area (Å²) in [6.45, 7) is 9.01. The lowest BCUT2D eigenvalue weighted by Gasteiger charge is -2.35. The van der Waals surface area contributed by atoms with Crippen LogP contribution in [0.1, 0.15) is 69.7 Å². The van der Waals surface area contributed by atoms with Crippen molar-refractivity contribution >= 4 is 28.9 Å². The molecule has 4 heterocycles. The Labute approximate surface area is 242 Å². The highest BCUT2D eigenvalue weighted by atomic mass is 16.7. The van der Waals surface area contributed by atoms with Gasteiger partial charge in [-0.15, -0.1) is 0 Å². The number of carbonyl (C=O) groups is 3. The minimum absolute atomic E-state index is 0.00546. The molecule has 222 valence electrons. The average Bonchev–Trinajstić information content (AvgIpc) is 3.33. The maximum absolute atomic E-state index is 13.8. The fourth-order valence-electron chi connectivity index (χ4n) is 5.75. The Balaban J connectivity index is 1.55. The molecule has 2 aliphatic heterocycles. The van der Waals surface area contributed by atoms with Crippen molar-refractivity contribution in [2.45, 2.75) is 78.7 Å². The summed E-state index contributed by atoms with van der Waals surface area (Å²) in [6, 6.07) is 6.20. The third-order valence-corrected chi connectivity index (χ3v) is 8.22. The first-order chi connectivity index (χ1) is 20.0. The number of nitrogens with zero attached hydrogens (tertiary/aromatic N) is 2. The van der Waals surface area contributed by atoms with Crippen LogP contribution in [0.25, 0.3) is 22.3 Å². The van der Waals surface area contributed by atoms with Crippen molar-refractivity contribution in [3.63, 3.8) is 0 Å². The number of ether oxygens (including phenoxy) is 3. The van der Waals surface area contributed by atoms with Crippen LogP contribution in [-0.4, -0.2) is 45.3 Å². The van der Waals surface area contributed by atoms with Gasteiger partial charge in [0.05, 0.1) is 35.1 Å². The minimum atomic E-state index is -1.90. The number of fused-ring (bicyclic) bond motifs is 5. The van der Waals surface area contributed by atoms with Gasteiger partial charge in [-0.3, -0.25) is 9.59 Å². The van der Waals surface area contributed by atoms with Gasteiger partial charge in [-0.2, -0.15) is 0 Å². The van der Waals surface area contributed by atoms with Crippen molar-refractivity contribution in [2.24, 2.45) is 5.92 Å². The van der Waals surface area contributed by atoms with Gasteiger partial charge in [0.25, 0.3) is 5.56 Å². The van der Waals surface area contributed by atoms with E-state index in [1.807, 2.05) is 20.8 Å². The van der Waals surface area contributed by atoms with E-state index in [2.05, 4.69) is 5.32 Å². The first-order valence-electron chi connectivity index (χ1n) is 14.3. The molecule has 0 saturated carbocycles. The molecule has 0 saturated heterocycles. The van der Waals surface area contributed by atoms with E-state index in [1.54, 1.807) is 42.7 Å². The van der Waals surface area contributed by atoms with Gasteiger partial charge in [0.1, 0.15) is 19.0 Å². The molecular weight excluding hydrogens is 542 g/mol. The highest BCUT2D eigenvalue weighted by Crippen LogP contribution is 2.42. The van der Waals surface area contributed by atoms with E-state index in [0.29, 0.717) is 23.3 Å². The minimum Gasteiger partial charge on any atom is -0.508 e. The number of amides is 1. The van der Waals surface area contributed by atoms with Gasteiger partial charge in [-0.1, -0.05) is 34.6 Å². The lowest BCUT2D eigenvalue weighted by atomic mass is 9.85. The molecule has 0 aliphatic carbocycles. The van der Waals surface area contributed by atoms with Gasteiger partial charge < -0.3 is 29.2 Å². The molecule has 2 N–H and O–H groups in total. The Bertz CT molecular complexity index is 1660. The van der Waals surface area contributed by atoms with Crippen molar-refractivity contribution in [1.29, 1.82) is 0 Å². The number of phenols is 1. The van der Waals surface area contributed by atoms with E-state index in [9.17, 15) is 24.3 Å². The van der Waals surface area contributed by atoms with E-state index in [0.717, 1.165) is 16.5 Å². The zero-order valence-corrected chi connectivity index (χ0v) is 24.4. The van der Waals surface area contributed by atoms with Gasteiger partial charge in [0.15, 0.2) is 0 Å². The fraction of sp³-hybridized carbons (Fsp3) is 0.452. The van der Waals surface area contributed by atoms with Crippen molar-refractivity contribution in [1.82, 2.24) is 14.9 Å². The zero-order valence-electron chi connectivity index (χ0n) is 24.4. The van der Waals surface area contributed by atoms with Gasteiger partial charge in [0, 0.05) is 22.9 Å². The molecule has 3 aromatic rings. The number of esters is 1. The molecule has 2 aliphatic rings. The normalized spacial score (nSPS) is 17.7. The number of cyclic esters (lactones) is 1. The summed E-state index contributed by atoms with van der Waals surface area (Å²) in [5.74, 6) is -0.883. The van der Waals surface area contributed by atoms with Crippen LogP contribution in [-0.2, 0) is 49.0 Å². The Morgan fingerprint density at radius 3 is 2.60 bits per heavy atom. The van der Waals surface area contributed by atoms with Crippen LogP contribution < -0.4 is 10.9 Å². The monoisotopic (exact) mass is 577 g/mol. The molecule has 0 fully saturated rings. The molecule has 0 bridgehead atoms. The van der Waals surface area contributed by atoms with E-state index in [1.165, 1.54) is 0 Å². The Morgan fingerprint density at radius 2 is 1.93 bits per heavy atom. The molecule has 42 heavy (non-hydrogen) atoms. The molecule has 2 atom stereocenters. The number of hydrogen-bond acceptors (Lipinski definition) is 9. The summed E-state index contributed by atoms with van der Waals surface area (Å²) in [6.07, 6.45) is -0.186. The topological polar surface area (TPSA) is 146 Å². The van der Waals surface area contributed by atoms with Crippen LogP contribution in [0.4, 0.5) is 4.79 Å². The SMILES string of the molecule is CCC(=O)NC(COC(=O)OC1(CC)C(=O)OCc2c1cc1n(c2=O)Cc2c-1nc1ccc(O)cc1c2CC)C(C)C. The fourth-order valence-corrected chi connectivity index (χ4v) is 5.75. The number of phenolic OH excluding ortho intramolecular Hbond substituents is 1. The van der Waals surface area contributed by atoms with Gasteiger partial charge >= 0.3 is 12.1 Å². The van der Waals surface area contributed by atoms with Crippen molar-refractivity contribution < 1.29 is 33.7 Å². The molecule has 2 aromatic heterocycles. The van der Waals surface area contributed by atoms with E-state index in [-0.39, 0.29) is 66.9 Å². The van der Waals surface area contributed by atoms with E-state index < -0.39 is 23.8 Å². The maximum Gasteiger partial charge on any atom is 0.509 e. The number of aromatic hydroxyl groups is 1. The molecule has 2 unspecified atom stereocenters. The predicted octanol–water partition coefficient (Wildman–Crippen LogP) is 4.06. The Hall–Kier alpha value is -4.41. The Kier molecular flexibility index (Phi) is 7.70. The second kappa shape index (κ2) is 11.1. The van der Waals surface area contributed by atoms with Crippen LogP contribution in [0.3, 0.4) is 0 Å². The van der Waals surface area contributed by atoms with Gasteiger partial charge in [-0.05, 0) is 48.6 Å². The van der Waals surface area contributed by atoms with E-state index >= 15 is 0 Å². The number of benzene rings is 1. The van der Waals surface area contributed by atoms with Crippen LogP contribution in [0.15, 0.2) is 29.1 Å². The Morgan fingerprint density at radius 1 is 1.17 bits per heavy atom. The first kappa shape index (κ1) is 29.1. The number of carbonyl (C=O) groups excluding carboxylic acids is 3. The van der Waals surface area contributed by atoms with Crippen molar-refractivity contribution in [3.05, 3.63) is 56.9 Å². The van der Waals surface area contributed by atoms with Crippen LogP contribution in [0.2, 0.25) is 0 Å². The summed E-state index contributed by atoms with van der Waals surface area (Å²) in [4.78, 5) is 56.9. The standard InChI is InChI=1S/C31H35N3O8/c1-6-18-19-11-17(35)9-10-23(19)33-27-20(18)13-34-25(27)12-22-21(28(34)37)14-40-29(38)31(22,8-3)42-30(39)41-15-24(16(4)5)32-26(36)7-2/h9-12,16,24,35H,6-8,13-15H2,1-5H3,(H,32,36). The molecule has 0 radical (unpaired) electrons. The predicted molar refractivity (Wildman–Crippen MR) is 153 cm³/mol. The third-order valence-electron chi connectivity index (χ3n) is 8.22. The number of pyridine rings is 2. The molecule has 1 aromatic carbocycles. The van der Waals surface area contributed by atoms with Gasteiger partial charge in [-0.25, -0.2) is 14.6 Å². The number of aromatic nitrogens is 2. The van der Waals surface area contributed by atoms with Crippen molar-refractivity contribution in [2.75, 3.05) is 6.61 Å². The second-order valence-corrected chi connectivity index (χ2v) is 11.0. The highest BCUT2D eigenvalue weighted by Gasteiger charge is 2.51. The van der Waals surface area contributed by atoms with Crippen LogP contribution in [0, 0.1) is 5.92 Å². The molecule has 1 amide bonds. The van der Waals surface area contributed by atoms with Crippen molar-refractivity contribution in [3.8, 4) is 17.1 Å². The molecule has 11 nitrogen and oxygen atoms in total. The summed E-state index contributed by atoms with van der Waals surface area (Å²) < 4.78 is 18.1. The van der Waals surface area contributed by atoms with E-state index in [4.69, 9.17) is 19.2 Å². The van der Waals surface area contributed by atoms with Gasteiger partial charge in [0.2, 0.25) is 11.5 Å². The average molecular weight is 578 g/mol. The number of rotatable bonds is 8. The highest BCUT2D eigenvalue weighted by molar-refractivity contribution is 5.90.